The predicted octanol–water partition coefficient (Wildman–Crippen LogP) is 1.38. The molecule has 124 valence electrons. The number of alkyl halides is 2. The molecule has 1 aliphatic carbocycles. The van der Waals surface area contributed by atoms with E-state index >= 15 is 0 Å². The minimum absolute atomic E-state index is 0. The number of amides is 1. The van der Waals surface area contributed by atoms with E-state index in [2.05, 4.69) is 10.2 Å². The molecule has 1 saturated carbocycles. The Morgan fingerprint density at radius 1 is 1.14 bits per heavy atom. The van der Waals surface area contributed by atoms with E-state index in [1.807, 2.05) is 0 Å². The second kappa shape index (κ2) is 7.40. The highest BCUT2D eigenvalue weighted by atomic mass is 35.5. The monoisotopic (exact) mass is 345 g/mol. The molecule has 3 fully saturated rings. The van der Waals surface area contributed by atoms with Crippen molar-refractivity contribution in [2.75, 3.05) is 39.3 Å². The molecule has 1 atom stereocenters. The van der Waals surface area contributed by atoms with Gasteiger partial charge >= 0.3 is 0 Å². The maximum absolute atomic E-state index is 13.1. The number of halogens is 4. The van der Waals surface area contributed by atoms with E-state index in [0.717, 1.165) is 25.6 Å². The fourth-order valence-electron chi connectivity index (χ4n) is 2.93. The summed E-state index contributed by atoms with van der Waals surface area (Å²) in [7, 11) is 0. The van der Waals surface area contributed by atoms with Crippen molar-refractivity contribution in [2.45, 2.75) is 31.2 Å². The van der Waals surface area contributed by atoms with E-state index in [0.29, 0.717) is 13.1 Å². The van der Waals surface area contributed by atoms with Crippen LogP contribution < -0.4 is 5.32 Å². The van der Waals surface area contributed by atoms with Gasteiger partial charge in [0.2, 0.25) is 5.91 Å². The summed E-state index contributed by atoms with van der Waals surface area (Å²) in [5, 5.41) is 2.64. The highest BCUT2D eigenvalue weighted by Crippen LogP contribution is 2.30. The third kappa shape index (κ3) is 4.91. The molecule has 8 heteroatoms. The molecule has 4 nitrogen and oxygen atoms in total. The first-order chi connectivity index (χ1) is 9.03. The summed E-state index contributed by atoms with van der Waals surface area (Å²) in [4.78, 5) is 16.3. The molecule has 21 heavy (non-hydrogen) atoms. The van der Waals surface area contributed by atoms with Crippen LogP contribution >= 0.6 is 24.8 Å². The Kier molecular flexibility index (Phi) is 6.65. The topological polar surface area (TPSA) is 35.6 Å². The van der Waals surface area contributed by atoms with Gasteiger partial charge in [-0.25, -0.2) is 8.78 Å². The lowest BCUT2D eigenvalue weighted by molar-refractivity contribution is -0.135. The number of rotatable bonds is 3. The number of nitrogens with one attached hydrogen (secondary N) is 1. The van der Waals surface area contributed by atoms with Crippen molar-refractivity contribution in [3.8, 4) is 0 Å². The van der Waals surface area contributed by atoms with Crippen molar-refractivity contribution < 1.29 is 13.6 Å². The van der Waals surface area contributed by atoms with Crippen molar-refractivity contribution in [1.29, 1.82) is 0 Å². The van der Waals surface area contributed by atoms with Gasteiger partial charge in [0.25, 0.3) is 5.92 Å². The van der Waals surface area contributed by atoms with E-state index in [4.69, 9.17) is 0 Å². The minimum atomic E-state index is -2.73. The predicted molar refractivity (Wildman–Crippen MR) is 81.6 cm³/mol. The lowest BCUT2D eigenvalue weighted by Gasteiger charge is -2.36. The number of hydrogen-bond acceptors (Lipinski definition) is 3. The third-order valence-electron chi connectivity index (χ3n) is 4.31. The summed E-state index contributed by atoms with van der Waals surface area (Å²) < 4.78 is 26.2. The van der Waals surface area contributed by atoms with Gasteiger partial charge in [0.05, 0.1) is 12.6 Å². The fraction of sp³-hybridized carbons (Fsp3) is 0.923. The molecule has 0 aromatic heterocycles. The van der Waals surface area contributed by atoms with Crippen LogP contribution in [0.3, 0.4) is 0 Å². The van der Waals surface area contributed by atoms with Crippen LogP contribution in [0.25, 0.3) is 0 Å². The van der Waals surface area contributed by atoms with Crippen LogP contribution in [0, 0.1) is 5.92 Å². The molecule has 1 amide bonds. The number of hydrogen-bond donors (Lipinski definition) is 1. The van der Waals surface area contributed by atoms with Crippen LogP contribution in [0.4, 0.5) is 8.78 Å². The summed E-state index contributed by atoms with van der Waals surface area (Å²) in [5.41, 5.74) is 0. The van der Waals surface area contributed by atoms with Crippen molar-refractivity contribution >= 4 is 30.7 Å². The van der Waals surface area contributed by atoms with Crippen molar-refractivity contribution in [3.63, 3.8) is 0 Å². The first kappa shape index (κ1) is 18.9. The number of carbonyl (C=O) groups excluding carboxylic acids is 1. The largest absolute Gasteiger partial charge is 0.339 e. The van der Waals surface area contributed by atoms with E-state index in [9.17, 15) is 13.6 Å². The van der Waals surface area contributed by atoms with Gasteiger partial charge in [-0.3, -0.25) is 15.0 Å². The van der Waals surface area contributed by atoms with Crippen LogP contribution in [0.2, 0.25) is 0 Å². The number of nitrogens with zero attached hydrogens (tertiary/aromatic N) is 2. The SMILES string of the molecule is Cl.Cl.O=C(C1CC(F)(F)CN1)N1CCN(CC2CC2)CC1. The third-order valence-corrected chi connectivity index (χ3v) is 4.31. The van der Waals surface area contributed by atoms with Gasteiger partial charge in [-0.2, -0.15) is 0 Å². The second-order valence-electron chi connectivity index (χ2n) is 6.06. The lowest BCUT2D eigenvalue weighted by atomic mass is 10.1. The summed E-state index contributed by atoms with van der Waals surface area (Å²) in [6, 6.07) is -0.690. The first-order valence-corrected chi connectivity index (χ1v) is 7.16. The molecular formula is C13H23Cl2F2N3O. The molecule has 3 aliphatic rings. The molecule has 1 unspecified atom stereocenters. The van der Waals surface area contributed by atoms with Gasteiger partial charge in [0.15, 0.2) is 0 Å². The zero-order valence-corrected chi connectivity index (χ0v) is 13.5. The highest BCUT2D eigenvalue weighted by molar-refractivity contribution is 5.85. The van der Waals surface area contributed by atoms with Crippen LogP contribution in [-0.4, -0.2) is 66.9 Å². The van der Waals surface area contributed by atoms with Gasteiger partial charge < -0.3 is 4.90 Å². The molecule has 0 bridgehead atoms. The molecule has 0 spiro atoms. The number of carbonyl (C=O) groups is 1. The molecule has 1 N–H and O–H groups in total. The summed E-state index contributed by atoms with van der Waals surface area (Å²) in [6.07, 6.45) is 2.31. The summed E-state index contributed by atoms with van der Waals surface area (Å²) in [5.74, 6) is -2.02. The van der Waals surface area contributed by atoms with Gasteiger partial charge in [-0.05, 0) is 18.8 Å². The Morgan fingerprint density at radius 3 is 2.24 bits per heavy atom. The quantitative estimate of drug-likeness (QED) is 0.839. The van der Waals surface area contributed by atoms with E-state index < -0.39 is 12.0 Å². The minimum Gasteiger partial charge on any atom is -0.339 e. The number of piperazine rings is 1. The van der Waals surface area contributed by atoms with Crippen LogP contribution in [-0.2, 0) is 4.79 Å². The first-order valence-electron chi connectivity index (χ1n) is 7.16. The Labute approximate surface area is 136 Å². The van der Waals surface area contributed by atoms with Gasteiger partial charge in [-0.15, -0.1) is 24.8 Å². The summed E-state index contributed by atoms with van der Waals surface area (Å²) >= 11 is 0. The maximum Gasteiger partial charge on any atom is 0.262 e. The zero-order chi connectivity index (χ0) is 13.5. The Balaban J connectivity index is 0.00000110. The average Bonchev–Trinajstić information content (AvgIpc) is 3.11. The highest BCUT2D eigenvalue weighted by Gasteiger charge is 2.43. The normalized spacial score (nSPS) is 28.7. The van der Waals surface area contributed by atoms with E-state index in [1.165, 1.54) is 12.8 Å². The molecule has 2 saturated heterocycles. The Bertz CT molecular complexity index is 361. The standard InChI is InChI=1S/C13H21F2N3O.2ClH/c14-13(15)7-11(16-9-13)12(19)18-5-3-17(4-6-18)8-10-1-2-10;;/h10-11,16H,1-9H2;2*1H. The molecule has 0 aromatic rings. The lowest BCUT2D eigenvalue weighted by Crippen LogP contribution is -2.53. The van der Waals surface area contributed by atoms with Crippen molar-refractivity contribution in [1.82, 2.24) is 15.1 Å². The second-order valence-corrected chi connectivity index (χ2v) is 6.06. The molecule has 2 aliphatic heterocycles. The van der Waals surface area contributed by atoms with Gasteiger partial charge in [0.1, 0.15) is 0 Å². The van der Waals surface area contributed by atoms with Gasteiger partial charge in [0, 0.05) is 39.1 Å². The van der Waals surface area contributed by atoms with Crippen molar-refractivity contribution in [2.24, 2.45) is 5.92 Å². The smallest absolute Gasteiger partial charge is 0.262 e. The van der Waals surface area contributed by atoms with Crippen LogP contribution in [0.5, 0.6) is 0 Å². The molecule has 2 heterocycles. The van der Waals surface area contributed by atoms with Gasteiger partial charge in [-0.1, -0.05) is 0 Å². The van der Waals surface area contributed by atoms with Crippen LogP contribution in [0.1, 0.15) is 19.3 Å². The van der Waals surface area contributed by atoms with Crippen molar-refractivity contribution in [3.05, 3.63) is 0 Å². The van der Waals surface area contributed by atoms with Crippen LogP contribution in [0.15, 0.2) is 0 Å². The Morgan fingerprint density at radius 2 is 1.76 bits per heavy atom. The summed E-state index contributed by atoms with van der Waals surface area (Å²) in [6.45, 7) is 3.88. The zero-order valence-electron chi connectivity index (χ0n) is 11.9. The van der Waals surface area contributed by atoms with E-state index in [1.54, 1.807) is 4.90 Å². The van der Waals surface area contributed by atoms with E-state index in [-0.39, 0.29) is 43.7 Å². The molecular weight excluding hydrogens is 323 g/mol. The average molecular weight is 346 g/mol. The Hall–Kier alpha value is -0.170. The molecule has 3 rings (SSSR count). The fourth-order valence-corrected chi connectivity index (χ4v) is 2.93. The molecule has 0 radical (unpaired) electrons. The molecule has 0 aromatic carbocycles. The maximum atomic E-state index is 13.1.